The predicted molar refractivity (Wildman–Crippen MR) is 202 cm³/mol. The van der Waals surface area contributed by atoms with Crippen LogP contribution in [-0.4, -0.2) is 41.5 Å². The minimum absolute atomic E-state index is 0.135. The maximum absolute atomic E-state index is 15.2. The van der Waals surface area contributed by atoms with Gasteiger partial charge in [-0.3, -0.25) is 0 Å². The Labute approximate surface area is 288 Å². The van der Waals surface area contributed by atoms with Crippen molar-refractivity contribution in [3.05, 3.63) is 106 Å². The van der Waals surface area contributed by atoms with Crippen LogP contribution in [0.25, 0.3) is 54.2 Å². The maximum Gasteiger partial charge on any atom is 0.219 e. The molecule has 0 saturated carbocycles. The fraction of sp³-hybridized carbons (Fsp3) is 0.146. The third-order valence-corrected chi connectivity index (χ3v) is 10.7. The Kier molecular flexibility index (Phi) is 5.97. The van der Waals surface area contributed by atoms with E-state index in [1.165, 1.54) is 0 Å². The molecule has 2 aliphatic heterocycles. The highest BCUT2D eigenvalue weighted by atomic mass is 16.3. The number of allylic oxidation sites excluding steroid dienone is 3. The van der Waals surface area contributed by atoms with Crippen molar-refractivity contribution in [3.8, 4) is 12.1 Å². The molecule has 3 aliphatic rings. The molecule has 9 rings (SSSR count). The summed E-state index contributed by atoms with van der Waals surface area (Å²) in [6.07, 6.45) is 0. The van der Waals surface area contributed by atoms with E-state index in [0.29, 0.717) is 57.4 Å². The lowest BCUT2D eigenvalue weighted by molar-refractivity contribution is -0.292. The number of rotatable bonds is 1. The molecule has 0 spiro atoms. The summed E-state index contributed by atoms with van der Waals surface area (Å²) in [6, 6.07) is 28.1. The van der Waals surface area contributed by atoms with E-state index in [4.69, 9.17) is 11.5 Å². The number of anilines is 5. The summed E-state index contributed by atoms with van der Waals surface area (Å²) in [7, 11) is 8.17. The normalized spacial score (nSPS) is 16.4. The predicted octanol–water partition coefficient (Wildman–Crippen LogP) is 4.12. The maximum atomic E-state index is 15.2. The van der Waals surface area contributed by atoms with Crippen molar-refractivity contribution in [2.75, 3.05) is 67.7 Å². The van der Waals surface area contributed by atoms with Crippen molar-refractivity contribution < 1.29 is 5.11 Å². The number of benzene rings is 6. The number of nitrogens with zero attached hydrogens (tertiary/aromatic N) is 6. The lowest BCUT2D eigenvalue weighted by Gasteiger charge is -2.40. The van der Waals surface area contributed by atoms with E-state index in [2.05, 4.69) is 57.6 Å². The highest BCUT2D eigenvalue weighted by molar-refractivity contribution is 6.31. The van der Waals surface area contributed by atoms with E-state index in [1.807, 2.05) is 74.8 Å². The van der Waals surface area contributed by atoms with Gasteiger partial charge in [0.15, 0.2) is 0 Å². The van der Waals surface area contributed by atoms with Gasteiger partial charge in [-0.25, -0.2) is 4.58 Å². The van der Waals surface area contributed by atoms with Crippen LogP contribution in [0.4, 0.5) is 28.4 Å². The van der Waals surface area contributed by atoms with Crippen molar-refractivity contribution in [1.29, 1.82) is 10.5 Å². The average molecular weight is 653 g/mol. The molecule has 0 radical (unpaired) electrons. The van der Waals surface area contributed by atoms with Crippen LogP contribution in [0.3, 0.4) is 0 Å². The van der Waals surface area contributed by atoms with Crippen molar-refractivity contribution in [1.82, 2.24) is 4.58 Å². The van der Waals surface area contributed by atoms with Gasteiger partial charge in [-0.05, 0) is 57.5 Å². The van der Waals surface area contributed by atoms with Crippen LogP contribution in [0.5, 0.6) is 0 Å². The van der Waals surface area contributed by atoms with Crippen LogP contribution in [-0.2, 0) is 0 Å². The molecule has 4 N–H and O–H groups in total. The number of nitrogens with two attached hydrogens (primary N) is 2. The topological polar surface area (TPSA) is 135 Å². The van der Waals surface area contributed by atoms with Crippen LogP contribution in [0.15, 0.2) is 89.7 Å². The SMILES string of the molecule is CN1CN(C)c2c3cccc(N)c3c(C3=C([O-])/C(=c4/c5ccccc5c5c6c(cccc46)N(C)C[N+]=5C)C3=C(C#N)C#N)c3c(N)ccc1c23. The molecule has 0 fully saturated rings. The van der Waals surface area contributed by atoms with Gasteiger partial charge in [-0.1, -0.05) is 48.2 Å². The molecule has 0 amide bonds. The quantitative estimate of drug-likeness (QED) is 0.117. The van der Waals surface area contributed by atoms with Crippen LogP contribution in [0, 0.1) is 22.7 Å². The van der Waals surface area contributed by atoms with Crippen LogP contribution in [0.2, 0.25) is 0 Å². The van der Waals surface area contributed by atoms with Gasteiger partial charge >= 0.3 is 0 Å². The molecule has 6 aromatic rings. The minimum atomic E-state index is -0.256. The first kappa shape index (κ1) is 29.4. The van der Waals surface area contributed by atoms with E-state index in [-0.39, 0.29) is 16.9 Å². The summed E-state index contributed by atoms with van der Waals surface area (Å²) in [5, 5.41) is 44.9. The van der Waals surface area contributed by atoms with E-state index < -0.39 is 0 Å². The molecule has 0 aromatic heterocycles. The van der Waals surface area contributed by atoms with Gasteiger partial charge in [0.2, 0.25) is 12.0 Å². The highest BCUT2D eigenvalue weighted by Crippen LogP contribution is 2.56. The summed E-state index contributed by atoms with van der Waals surface area (Å²) in [5.74, 6) is -0.256. The Morgan fingerprint density at radius 1 is 0.700 bits per heavy atom. The number of nitrogen functional groups attached to an aromatic ring is 2. The highest BCUT2D eigenvalue weighted by Gasteiger charge is 2.36. The van der Waals surface area contributed by atoms with Gasteiger partial charge < -0.3 is 31.3 Å². The smallest absolute Gasteiger partial charge is 0.219 e. The van der Waals surface area contributed by atoms with E-state index in [9.17, 15) is 10.5 Å². The fourth-order valence-electron chi connectivity index (χ4n) is 8.76. The standard InChI is InChI=1S/C41H32N8O/c1-46-19-48(3)39-23-10-6-5-9-22(23)31(24-11-8-14-28(46)33(24)39)37-30(21(17-42)18-43)38(41(37)50)36-32-25(12-7-13-26(32)44)40-35-29(47(2)20-49(40)4)16-15-27(45)34(35)36/h5-16H,19-20,44-45H2,1-4H3. The van der Waals surface area contributed by atoms with Gasteiger partial charge in [0.05, 0.1) is 28.8 Å². The summed E-state index contributed by atoms with van der Waals surface area (Å²) >= 11 is 0. The van der Waals surface area contributed by atoms with E-state index >= 15 is 5.11 Å². The summed E-state index contributed by atoms with van der Waals surface area (Å²) in [5.41, 5.74) is 19.0. The van der Waals surface area contributed by atoms with Crippen molar-refractivity contribution in [3.63, 3.8) is 0 Å². The van der Waals surface area contributed by atoms with Gasteiger partial charge in [0.1, 0.15) is 24.8 Å². The number of fused-ring (bicyclic) bond motifs is 4. The van der Waals surface area contributed by atoms with Gasteiger partial charge in [0.25, 0.3) is 0 Å². The first-order valence-electron chi connectivity index (χ1n) is 16.4. The van der Waals surface area contributed by atoms with Crippen molar-refractivity contribution in [2.24, 2.45) is 0 Å². The summed E-state index contributed by atoms with van der Waals surface area (Å²) < 4.78 is 2.22. The van der Waals surface area contributed by atoms with Gasteiger partial charge in [-0.2, -0.15) is 10.5 Å². The van der Waals surface area contributed by atoms with Gasteiger partial charge in [0, 0.05) is 70.9 Å². The van der Waals surface area contributed by atoms with Crippen molar-refractivity contribution >= 4 is 82.7 Å². The molecular weight excluding hydrogens is 621 g/mol. The molecule has 0 atom stereocenters. The number of nitriles is 2. The Balaban J connectivity index is 1.57. The molecule has 242 valence electrons. The second kappa shape index (κ2) is 10.1. The Morgan fingerprint density at radius 2 is 1.36 bits per heavy atom. The third-order valence-electron chi connectivity index (χ3n) is 10.7. The van der Waals surface area contributed by atoms with E-state index in [0.717, 1.165) is 54.7 Å². The summed E-state index contributed by atoms with van der Waals surface area (Å²) in [4.78, 5) is 6.49. The molecule has 9 nitrogen and oxygen atoms in total. The zero-order valence-corrected chi connectivity index (χ0v) is 28.1. The molecule has 0 unspecified atom stereocenters. The zero-order chi connectivity index (χ0) is 34.7. The number of hydrogen-bond acceptors (Lipinski definition) is 8. The average Bonchev–Trinajstić information content (AvgIpc) is 3.10. The number of hydrogen-bond donors (Lipinski definition) is 2. The van der Waals surface area contributed by atoms with E-state index in [1.54, 1.807) is 0 Å². The first-order chi connectivity index (χ1) is 24.2. The fourth-order valence-corrected chi connectivity index (χ4v) is 8.76. The molecule has 1 aliphatic carbocycles. The lowest BCUT2D eigenvalue weighted by Crippen LogP contribution is -2.42. The zero-order valence-electron chi connectivity index (χ0n) is 28.1. The van der Waals surface area contributed by atoms with Crippen molar-refractivity contribution in [2.45, 2.75) is 0 Å². The molecule has 2 heterocycles. The third kappa shape index (κ3) is 3.56. The summed E-state index contributed by atoms with van der Waals surface area (Å²) in [6.45, 7) is 1.34. The molecule has 50 heavy (non-hydrogen) atoms. The largest absolute Gasteiger partial charge is 0.872 e. The molecule has 0 bridgehead atoms. The lowest BCUT2D eigenvalue weighted by atomic mass is 9.72. The monoisotopic (exact) mass is 652 g/mol. The second-order valence-electron chi connectivity index (χ2n) is 13.5. The molecular formula is C41H32N8O. The first-order valence-corrected chi connectivity index (χ1v) is 16.4. The Hall–Kier alpha value is -6.71. The van der Waals surface area contributed by atoms with Crippen LogP contribution < -0.4 is 46.4 Å². The molecule has 9 heteroatoms. The molecule has 0 saturated heterocycles. The molecule has 6 aromatic carbocycles. The van der Waals surface area contributed by atoms with Gasteiger partial charge in [-0.15, -0.1) is 0 Å². The second-order valence-corrected chi connectivity index (χ2v) is 13.5. The minimum Gasteiger partial charge on any atom is -0.872 e. The van der Waals surface area contributed by atoms with Crippen LogP contribution in [0.1, 0.15) is 5.56 Å². The Morgan fingerprint density at radius 3 is 2.12 bits per heavy atom. The Bertz CT molecular complexity index is 2870. The van der Waals surface area contributed by atoms with Crippen LogP contribution >= 0.6 is 0 Å².